The van der Waals surface area contributed by atoms with Crippen molar-refractivity contribution >= 4 is 34.6 Å². The van der Waals surface area contributed by atoms with Crippen LogP contribution >= 0.6 is 23.2 Å². The van der Waals surface area contributed by atoms with Gasteiger partial charge >= 0.3 is 0 Å². The summed E-state index contributed by atoms with van der Waals surface area (Å²) in [5, 5.41) is 6.74. The third kappa shape index (κ3) is 3.09. The number of fused-ring (bicyclic) bond motifs is 1. The van der Waals surface area contributed by atoms with Gasteiger partial charge in [-0.3, -0.25) is 0 Å². The van der Waals surface area contributed by atoms with Crippen molar-refractivity contribution in [3.8, 4) is 0 Å². The SMILES string of the molecule is Fc1c(Cl)cc(NCc2cccc3c2NCCC3)cc1Cl. The molecule has 0 amide bonds. The molecular weight excluding hydrogens is 310 g/mol. The molecule has 2 N–H and O–H groups in total. The van der Waals surface area contributed by atoms with Crippen molar-refractivity contribution < 1.29 is 4.39 Å². The third-order valence-corrected chi connectivity index (χ3v) is 4.18. The molecule has 0 saturated carbocycles. The first kappa shape index (κ1) is 14.5. The molecule has 3 rings (SSSR count). The molecule has 21 heavy (non-hydrogen) atoms. The minimum Gasteiger partial charge on any atom is -0.385 e. The van der Waals surface area contributed by atoms with Crippen LogP contribution < -0.4 is 10.6 Å². The van der Waals surface area contributed by atoms with Gasteiger partial charge in [0.15, 0.2) is 5.82 Å². The number of rotatable bonds is 3. The van der Waals surface area contributed by atoms with Gasteiger partial charge in [0, 0.05) is 24.5 Å². The summed E-state index contributed by atoms with van der Waals surface area (Å²) in [5.74, 6) is -0.581. The first-order chi connectivity index (χ1) is 10.1. The number of hydrogen-bond acceptors (Lipinski definition) is 2. The minimum atomic E-state index is -0.581. The van der Waals surface area contributed by atoms with E-state index in [0.717, 1.165) is 19.4 Å². The molecule has 2 aromatic rings. The molecule has 0 bridgehead atoms. The van der Waals surface area contributed by atoms with E-state index in [1.807, 2.05) is 0 Å². The van der Waals surface area contributed by atoms with Crippen molar-refractivity contribution in [2.75, 3.05) is 17.2 Å². The standard InChI is InChI=1S/C16H15Cl2FN2/c17-13-7-12(8-14(18)15(13)19)21-9-11-4-1-3-10-5-2-6-20-16(10)11/h1,3-4,7-8,20-21H,2,5-6,9H2. The fraction of sp³-hybridized carbons (Fsp3) is 0.250. The van der Waals surface area contributed by atoms with Gasteiger partial charge in [0.25, 0.3) is 0 Å². The summed E-state index contributed by atoms with van der Waals surface area (Å²) < 4.78 is 13.4. The number of benzene rings is 2. The van der Waals surface area contributed by atoms with Gasteiger partial charge in [0.05, 0.1) is 10.0 Å². The number of nitrogens with one attached hydrogen (secondary N) is 2. The molecule has 1 heterocycles. The topological polar surface area (TPSA) is 24.1 Å². The third-order valence-electron chi connectivity index (χ3n) is 3.63. The molecule has 0 atom stereocenters. The summed E-state index contributed by atoms with van der Waals surface area (Å²) in [6.45, 7) is 1.63. The molecule has 0 saturated heterocycles. The Morgan fingerprint density at radius 1 is 1.19 bits per heavy atom. The van der Waals surface area contributed by atoms with Crippen LogP contribution in [-0.2, 0) is 13.0 Å². The van der Waals surface area contributed by atoms with E-state index in [0.29, 0.717) is 12.2 Å². The maximum absolute atomic E-state index is 13.4. The molecule has 1 aliphatic rings. The van der Waals surface area contributed by atoms with Crippen molar-refractivity contribution in [3.05, 3.63) is 57.3 Å². The molecule has 110 valence electrons. The molecule has 2 aromatic carbocycles. The number of aryl methyl sites for hydroxylation is 1. The molecule has 0 aliphatic carbocycles. The lowest BCUT2D eigenvalue weighted by Gasteiger charge is -2.21. The zero-order valence-corrected chi connectivity index (χ0v) is 12.9. The Labute approximate surface area is 133 Å². The van der Waals surface area contributed by atoms with Gasteiger partial charge < -0.3 is 10.6 Å². The molecule has 2 nitrogen and oxygen atoms in total. The molecule has 0 fully saturated rings. The average Bonchev–Trinajstić information content (AvgIpc) is 2.50. The summed E-state index contributed by atoms with van der Waals surface area (Å²) in [6, 6.07) is 9.39. The van der Waals surface area contributed by atoms with Crippen LogP contribution in [0, 0.1) is 5.82 Å². The van der Waals surface area contributed by atoms with Crippen LogP contribution in [0.25, 0.3) is 0 Å². The summed E-state index contributed by atoms with van der Waals surface area (Å²) in [6.07, 6.45) is 2.26. The maximum atomic E-state index is 13.4. The van der Waals surface area contributed by atoms with Crippen LogP contribution in [0.4, 0.5) is 15.8 Å². The van der Waals surface area contributed by atoms with Gasteiger partial charge in [0.2, 0.25) is 0 Å². The van der Waals surface area contributed by atoms with Crippen molar-refractivity contribution in [3.63, 3.8) is 0 Å². The van der Waals surface area contributed by atoms with Crippen LogP contribution in [0.5, 0.6) is 0 Å². The summed E-state index contributed by atoms with van der Waals surface area (Å²) >= 11 is 11.6. The van der Waals surface area contributed by atoms with Crippen LogP contribution in [0.2, 0.25) is 10.0 Å². The van der Waals surface area contributed by atoms with E-state index >= 15 is 0 Å². The van der Waals surface area contributed by atoms with Gasteiger partial charge in [0.1, 0.15) is 0 Å². The molecule has 5 heteroatoms. The van der Waals surface area contributed by atoms with Crippen LogP contribution in [0.3, 0.4) is 0 Å². The summed E-state index contributed by atoms with van der Waals surface area (Å²) in [5.41, 5.74) is 4.44. The highest BCUT2D eigenvalue weighted by Gasteiger charge is 2.12. The fourth-order valence-corrected chi connectivity index (χ4v) is 3.07. The van der Waals surface area contributed by atoms with Crippen LogP contribution in [-0.4, -0.2) is 6.54 Å². The van der Waals surface area contributed by atoms with Gasteiger partial charge in [-0.15, -0.1) is 0 Å². The molecular formula is C16H15Cl2FN2. The normalized spacial score (nSPS) is 13.5. The molecule has 0 spiro atoms. The number of para-hydroxylation sites is 1. The lowest BCUT2D eigenvalue weighted by molar-refractivity contribution is 0.629. The second-order valence-corrected chi connectivity index (χ2v) is 5.90. The molecule has 0 aromatic heterocycles. The predicted octanol–water partition coefficient (Wildman–Crippen LogP) is 5.10. The number of hydrogen-bond donors (Lipinski definition) is 2. The van der Waals surface area contributed by atoms with Gasteiger partial charge in [-0.2, -0.15) is 0 Å². The second-order valence-electron chi connectivity index (χ2n) is 5.09. The molecule has 0 unspecified atom stereocenters. The van der Waals surface area contributed by atoms with Gasteiger partial charge in [-0.1, -0.05) is 41.4 Å². The summed E-state index contributed by atoms with van der Waals surface area (Å²) in [4.78, 5) is 0. The van der Waals surface area contributed by atoms with Crippen LogP contribution in [0.1, 0.15) is 17.5 Å². The Balaban J connectivity index is 1.79. The van der Waals surface area contributed by atoms with E-state index in [1.54, 1.807) is 12.1 Å². The Hall–Kier alpha value is -1.45. The largest absolute Gasteiger partial charge is 0.385 e. The Bertz CT molecular complexity index is 650. The molecule has 0 radical (unpaired) electrons. The first-order valence-corrected chi connectivity index (χ1v) is 7.64. The summed E-state index contributed by atoms with van der Waals surface area (Å²) in [7, 11) is 0. The van der Waals surface area contributed by atoms with Gasteiger partial charge in [-0.05, 0) is 36.1 Å². The van der Waals surface area contributed by atoms with Crippen molar-refractivity contribution in [1.29, 1.82) is 0 Å². The highest BCUT2D eigenvalue weighted by atomic mass is 35.5. The highest BCUT2D eigenvalue weighted by molar-refractivity contribution is 6.35. The predicted molar refractivity (Wildman–Crippen MR) is 87.0 cm³/mol. The van der Waals surface area contributed by atoms with Gasteiger partial charge in [-0.25, -0.2) is 4.39 Å². The van der Waals surface area contributed by atoms with E-state index in [1.165, 1.54) is 16.8 Å². The Morgan fingerprint density at radius 2 is 1.95 bits per heavy atom. The van der Waals surface area contributed by atoms with Crippen LogP contribution in [0.15, 0.2) is 30.3 Å². The lowest BCUT2D eigenvalue weighted by atomic mass is 9.99. The average molecular weight is 325 g/mol. The lowest BCUT2D eigenvalue weighted by Crippen LogP contribution is -2.15. The Morgan fingerprint density at radius 3 is 2.71 bits per heavy atom. The monoisotopic (exact) mass is 324 g/mol. The van der Waals surface area contributed by atoms with Crippen molar-refractivity contribution in [1.82, 2.24) is 0 Å². The number of anilines is 2. The fourth-order valence-electron chi connectivity index (χ4n) is 2.58. The zero-order chi connectivity index (χ0) is 14.8. The molecule has 1 aliphatic heterocycles. The van der Waals surface area contributed by atoms with Crippen molar-refractivity contribution in [2.45, 2.75) is 19.4 Å². The van der Waals surface area contributed by atoms with E-state index in [-0.39, 0.29) is 10.0 Å². The van der Waals surface area contributed by atoms with Crippen molar-refractivity contribution in [2.24, 2.45) is 0 Å². The minimum absolute atomic E-state index is 0.0261. The first-order valence-electron chi connectivity index (χ1n) is 6.88. The Kier molecular flexibility index (Phi) is 4.22. The zero-order valence-electron chi connectivity index (χ0n) is 11.3. The van der Waals surface area contributed by atoms with E-state index in [9.17, 15) is 4.39 Å². The second kappa shape index (κ2) is 6.12. The van der Waals surface area contributed by atoms with E-state index < -0.39 is 5.82 Å². The van der Waals surface area contributed by atoms with E-state index in [2.05, 4.69) is 28.8 Å². The van der Waals surface area contributed by atoms with E-state index in [4.69, 9.17) is 23.2 Å². The quantitative estimate of drug-likeness (QED) is 0.767. The number of halogens is 3. The smallest absolute Gasteiger partial charge is 0.160 e. The maximum Gasteiger partial charge on any atom is 0.160 e. The highest BCUT2D eigenvalue weighted by Crippen LogP contribution is 2.29.